The second-order valence-corrected chi connectivity index (χ2v) is 10.3. The maximum atomic E-state index is 15.7. The lowest BCUT2D eigenvalue weighted by Gasteiger charge is -2.30. The zero-order valence-electron chi connectivity index (χ0n) is 22.0. The summed E-state index contributed by atoms with van der Waals surface area (Å²) in [5.74, 6) is -6.05. The molecule has 1 heterocycles. The van der Waals surface area contributed by atoms with Gasteiger partial charge in [-0.05, 0) is 23.6 Å². The number of halogens is 3. The number of carboxylic acids is 1. The molecule has 0 bridgehead atoms. The first-order valence-corrected chi connectivity index (χ1v) is 12.3. The first-order chi connectivity index (χ1) is 18.3. The van der Waals surface area contributed by atoms with Crippen molar-refractivity contribution in [3.05, 3.63) is 70.2 Å². The highest BCUT2D eigenvalue weighted by molar-refractivity contribution is 7.18. The molecule has 3 rings (SSSR count). The predicted molar refractivity (Wildman–Crippen MR) is 140 cm³/mol. The summed E-state index contributed by atoms with van der Waals surface area (Å²) in [7, 11) is 3.90. The van der Waals surface area contributed by atoms with E-state index in [2.05, 4.69) is 15.0 Å². The maximum absolute atomic E-state index is 15.7. The van der Waals surface area contributed by atoms with Crippen molar-refractivity contribution in [1.82, 2.24) is 4.98 Å². The quantitative estimate of drug-likeness (QED) is 0.232. The average molecular weight is 565 g/mol. The van der Waals surface area contributed by atoms with Crippen LogP contribution in [0.1, 0.15) is 48.4 Å². The molecule has 0 radical (unpaired) electrons. The number of nitrogens with zero attached hydrogens (tertiary/aromatic N) is 1. The molecule has 0 aliphatic heterocycles. The van der Waals surface area contributed by atoms with Crippen molar-refractivity contribution in [2.75, 3.05) is 26.6 Å². The highest BCUT2D eigenvalue weighted by atomic mass is 32.1. The Bertz CT molecular complexity index is 1410. The number of thiazole rings is 1. The Kier molecular flexibility index (Phi) is 9.03. The van der Waals surface area contributed by atoms with Crippen molar-refractivity contribution >= 4 is 34.4 Å². The van der Waals surface area contributed by atoms with E-state index in [0.29, 0.717) is 11.6 Å². The molecule has 3 aromatic rings. The van der Waals surface area contributed by atoms with Crippen LogP contribution in [0.4, 0.5) is 18.3 Å². The Morgan fingerprint density at radius 3 is 2.26 bits per heavy atom. The normalized spacial score (nSPS) is 12.7. The molecule has 0 aliphatic rings. The highest BCUT2D eigenvalue weighted by Crippen LogP contribution is 2.43. The summed E-state index contributed by atoms with van der Waals surface area (Å²) in [4.78, 5) is 28.2. The van der Waals surface area contributed by atoms with Crippen LogP contribution in [-0.2, 0) is 14.3 Å². The summed E-state index contributed by atoms with van der Waals surface area (Å²) in [6, 6.07) is 6.27. The molecule has 208 valence electrons. The van der Waals surface area contributed by atoms with Gasteiger partial charge in [-0.25, -0.2) is 22.9 Å². The number of hydrogen-bond donors (Lipinski definition) is 2. The molecule has 39 heavy (non-hydrogen) atoms. The minimum atomic E-state index is -1.52. The Hall–Kier alpha value is -3.90. The fourth-order valence-electron chi connectivity index (χ4n) is 3.91. The van der Waals surface area contributed by atoms with Crippen molar-refractivity contribution in [1.29, 1.82) is 0 Å². The maximum Gasteiger partial charge on any atom is 0.371 e. The number of aromatic nitrogens is 1. The van der Waals surface area contributed by atoms with Crippen molar-refractivity contribution in [2.45, 2.75) is 26.9 Å². The van der Waals surface area contributed by atoms with Gasteiger partial charge in [-0.2, -0.15) is 0 Å². The van der Waals surface area contributed by atoms with Crippen molar-refractivity contribution in [3.8, 4) is 16.3 Å². The number of carbonyl (C=O) groups is 2. The Morgan fingerprint density at radius 1 is 1.10 bits per heavy atom. The molecular weight excluding hydrogens is 537 g/mol. The minimum Gasteiger partial charge on any atom is -0.490 e. The zero-order valence-corrected chi connectivity index (χ0v) is 22.8. The van der Waals surface area contributed by atoms with Gasteiger partial charge in [0.2, 0.25) is 10.8 Å². The number of rotatable bonds is 9. The molecule has 8 nitrogen and oxygen atoms in total. The molecule has 0 spiro atoms. The van der Waals surface area contributed by atoms with E-state index in [-0.39, 0.29) is 21.5 Å². The van der Waals surface area contributed by atoms with Crippen molar-refractivity contribution in [2.24, 2.45) is 5.41 Å². The molecular formula is C27H27F3N2O6S. The number of amides is 1. The van der Waals surface area contributed by atoms with Gasteiger partial charge in [-0.3, -0.25) is 10.1 Å². The third-order valence-corrected chi connectivity index (χ3v) is 6.57. The second-order valence-electron chi connectivity index (χ2n) is 9.38. The van der Waals surface area contributed by atoms with Crippen molar-refractivity contribution in [3.63, 3.8) is 0 Å². The number of ether oxygens (including phenoxy) is 3. The second kappa shape index (κ2) is 11.9. The number of hydrogen-bond acceptors (Lipinski definition) is 7. The summed E-state index contributed by atoms with van der Waals surface area (Å²) in [5.41, 5.74) is -0.929. The van der Waals surface area contributed by atoms with Gasteiger partial charge in [0, 0.05) is 35.4 Å². The number of aliphatic carboxylic acids is 1. The molecule has 0 saturated heterocycles. The number of anilines is 1. The number of nitrogens with one attached hydrogen (secondary N) is 1. The molecule has 0 saturated carbocycles. The topological polar surface area (TPSA) is 107 Å². The summed E-state index contributed by atoms with van der Waals surface area (Å²) in [6.07, 6.45) is 0.114. The van der Waals surface area contributed by atoms with Crippen LogP contribution in [0.2, 0.25) is 0 Å². The first kappa shape index (κ1) is 29.7. The number of benzene rings is 2. The van der Waals surface area contributed by atoms with Crippen LogP contribution in [0.15, 0.2) is 36.1 Å². The van der Waals surface area contributed by atoms with Gasteiger partial charge >= 0.3 is 5.97 Å². The summed E-state index contributed by atoms with van der Waals surface area (Å²) in [6.45, 7) is 5.75. The van der Waals surface area contributed by atoms with E-state index in [1.165, 1.54) is 20.3 Å². The number of carboxylic acid groups (broad SMARTS) is 1. The van der Waals surface area contributed by atoms with Gasteiger partial charge in [0.25, 0.3) is 5.91 Å². The lowest BCUT2D eigenvalue weighted by molar-refractivity contribution is -0.135. The largest absolute Gasteiger partial charge is 0.490 e. The van der Waals surface area contributed by atoms with Gasteiger partial charge in [0.05, 0.1) is 20.3 Å². The van der Waals surface area contributed by atoms with E-state index < -0.39 is 57.7 Å². The van der Waals surface area contributed by atoms with E-state index in [1.807, 2.05) is 20.8 Å². The molecule has 2 aromatic carbocycles. The van der Waals surface area contributed by atoms with Crippen LogP contribution in [0.3, 0.4) is 0 Å². The molecule has 1 amide bonds. The molecule has 0 aliphatic carbocycles. The Morgan fingerprint density at radius 2 is 1.74 bits per heavy atom. The lowest BCUT2D eigenvalue weighted by Crippen LogP contribution is -2.21. The van der Waals surface area contributed by atoms with Crippen LogP contribution in [-0.4, -0.2) is 43.3 Å². The molecule has 1 unspecified atom stereocenters. The summed E-state index contributed by atoms with van der Waals surface area (Å²) >= 11 is 0.896. The van der Waals surface area contributed by atoms with Crippen LogP contribution in [0.5, 0.6) is 5.06 Å². The van der Waals surface area contributed by atoms with Crippen LogP contribution < -0.4 is 10.1 Å². The van der Waals surface area contributed by atoms with Gasteiger partial charge in [0.15, 0.2) is 5.13 Å². The molecule has 12 heteroatoms. The van der Waals surface area contributed by atoms with Gasteiger partial charge < -0.3 is 19.3 Å². The highest BCUT2D eigenvalue weighted by Gasteiger charge is 2.30. The summed E-state index contributed by atoms with van der Waals surface area (Å²) in [5, 5.41) is 11.6. The molecule has 1 atom stereocenters. The third kappa shape index (κ3) is 6.40. The summed E-state index contributed by atoms with van der Waals surface area (Å²) < 4.78 is 60.3. The molecule has 1 aromatic heterocycles. The average Bonchev–Trinajstić information content (AvgIpc) is 3.26. The van der Waals surface area contributed by atoms with E-state index in [0.717, 1.165) is 30.6 Å². The van der Waals surface area contributed by atoms with E-state index in [4.69, 9.17) is 14.6 Å². The van der Waals surface area contributed by atoms with Crippen molar-refractivity contribution < 1.29 is 42.1 Å². The van der Waals surface area contributed by atoms with Gasteiger partial charge in [-0.1, -0.05) is 44.2 Å². The zero-order chi connectivity index (χ0) is 29.1. The fourth-order valence-corrected chi connectivity index (χ4v) is 4.70. The fraction of sp³-hybridized carbons (Fsp3) is 0.296. The Balaban J connectivity index is 1.95. The predicted octanol–water partition coefficient (Wildman–Crippen LogP) is 6.29. The SMILES string of the molecule is CO/C(=C/c1c(F)cc(C(=O)Nc2nc(-c3cccc(C(OC)C(C)(C)C)c3F)c(OC)s2)cc1F)C(=O)O. The first-order valence-electron chi connectivity index (χ1n) is 11.5. The van der Waals surface area contributed by atoms with Gasteiger partial charge in [-0.15, -0.1) is 0 Å². The standard InChI is InChI=1S/C27H27F3N2O6S/c1-27(2,3)22(37-5)15-9-7-8-14(20(15)30)21-25(38-6)39-26(31-21)32-23(33)13-10-17(28)16(18(29)11-13)12-19(36-4)24(34)35/h7-12,22H,1-6H3,(H,34,35)(H,31,32,33)/b19-12+. The Labute approximate surface area is 227 Å². The minimum absolute atomic E-state index is 0.00639. The monoisotopic (exact) mass is 564 g/mol. The number of carbonyl (C=O) groups excluding carboxylic acids is 1. The molecule has 0 fully saturated rings. The lowest BCUT2D eigenvalue weighted by atomic mass is 9.83. The third-order valence-electron chi connectivity index (χ3n) is 5.64. The van der Waals surface area contributed by atoms with Crippen LogP contribution in [0, 0.1) is 22.9 Å². The van der Waals surface area contributed by atoms with E-state index >= 15 is 4.39 Å². The van der Waals surface area contributed by atoms with E-state index in [1.54, 1.807) is 12.1 Å². The van der Waals surface area contributed by atoms with Gasteiger partial charge in [0.1, 0.15) is 23.1 Å². The molecule has 2 N–H and O–H groups in total. The number of methoxy groups -OCH3 is 3. The van der Waals surface area contributed by atoms with Crippen LogP contribution in [0.25, 0.3) is 17.3 Å². The van der Waals surface area contributed by atoms with E-state index in [9.17, 15) is 18.4 Å². The smallest absolute Gasteiger partial charge is 0.371 e. The van der Waals surface area contributed by atoms with Crippen LogP contribution >= 0.6 is 11.3 Å².